The van der Waals surface area contributed by atoms with Crippen LogP contribution in [0.15, 0.2) is 18.2 Å². The first kappa shape index (κ1) is 19.0. The van der Waals surface area contributed by atoms with Crippen molar-refractivity contribution in [3.63, 3.8) is 0 Å². The van der Waals surface area contributed by atoms with E-state index in [2.05, 4.69) is 10.6 Å². The largest absolute Gasteiger partial charge is 0.486 e. The van der Waals surface area contributed by atoms with Gasteiger partial charge in [0.15, 0.2) is 11.5 Å². The van der Waals surface area contributed by atoms with Crippen molar-refractivity contribution in [3.8, 4) is 11.5 Å². The van der Waals surface area contributed by atoms with Gasteiger partial charge in [-0.2, -0.15) is 0 Å². The number of urea groups is 1. The van der Waals surface area contributed by atoms with Crippen LogP contribution in [-0.2, 0) is 19.9 Å². The Morgan fingerprint density at radius 2 is 2.04 bits per heavy atom. The number of imide groups is 1. The fraction of sp³-hybridized carbons (Fsp3) is 0.500. The van der Waals surface area contributed by atoms with Crippen molar-refractivity contribution in [1.29, 1.82) is 0 Å². The fourth-order valence-electron chi connectivity index (χ4n) is 3.03. The van der Waals surface area contributed by atoms with E-state index < -0.39 is 23.4 Å². The normalized spacial score (nSPS) is 21.2. The summed E-state index contributed by atoms with van der Waals surface area (Å²) >= 11 is 0. The van der Waals surface area contributed by atoms with Gasteiger partial charge in [0.25, 0.3) is 5.91 Å². The van der Waals surface area contributed by atoms with E-state index in [0.717, 1.165) is 4.90 Å². The van der Waals surface area contributed by atoms with Gasteiger partial charge in [0.05, 0.1) is 0 Å². The Balaban J connectivity index is 1.70. The standard InChI is InChI=1S/C18H23N3O6/c1-18(12-4-5-13-14(10-12)27-9-8-26-13)16(23)21(17(24)20-18)11-15(22)19-6-3-7-25-2/h4-5,10H,3,6-9,11H2,1-2H3,(H,19,22)(H,20,24)/t18-/m0/s1. The molecular formula is C18H23N3O6. The van der Waals surface area contributed by atoms with Gasteiger partial charge < -0.3 is 24.8 Å². The van der Waals surface area contributed by atoms with E-state index in [1.54, 1.807) is 32.2 Å². The molecule has 1 fully saturated rings. The molecule has 0 unspecified atom stereocenters. The third-order valence-electron chi connectivity index (χ3n) is 4.54. The monoisotopic (exact) mass is 377 g/mol. The number of amides is 4. The summed E-state index contributed by atoms with van der Waals surface area (Å²) in [4.78, 5) is 38.1. The lowest BCUT2D eigenvalue weighted by atomic mass is 9.91. The molecule has 0 aromatic heterocycles. The molecule has 1 aromatic carbocycles. The lowest BCUT2D eigenvalue weighted by Crippen LogP contribution is -2.43. The number of fused-ring (bicyclic) bond motifs is 1. The molecule has 4 amide bonds. The number of ether oxygens (including phenoxy) is 3. The molecule has 0 aliphatic carbocycles. The van der Waals surface area contributed by atoms with E-state index in [9.17, 15) is 14.4 Å². The van der Waals surface area contributed by atoms with Gasteiger partial charge in [-0.3, -0.25) is 14.5 Å². The third kappa shape index (κ3) is 3.82. The topological polar surface area (TPSA) is 106 Å². The summed E-state index contributed by atoms with van der Waals surface area (Å²) in [5, 5.41) is 5.34. The van der Waals surface area contributed by atoms with Crippen LogP contribution in [0.2, 0.25) is 0 Å². The van der Waals surface area contributed by atoms with Crippen molar-refractivity contribution >= 4 is 17.8 Å². The first-order valence-corrected chi connectivity index (χ1v) is 8.75. The SMILES string of the molecule is COCCCNC(=O)CN1C(=O)N[C@@](C)(c2ccc3c(c2)OCCO3)C1=O. The van der Waals surface area contributed by atoms with E-state index in [1.807, 2.05) is 0 Å². The Hall–Kier alpha value is -2.81. The number of hydrogen-bond donors (Lipinski definition) is 2. The molecule has 146 valence electrons. The second-order valence-electron chi connectivity index (χ2n) is 6.50. The van der Waals surface area contributed by atoms with E-state index in [4.69, 9.17) is 14.2 Å². The minimum atomic E-state index is -1.27. The minimum absolute atomic E-state index is 0.336. The fourth-order valence-corrected chi connectivity index (χ4v) is 3.03. The highest BCUT2D eigenvalue weighted by Crippen LogP contribution is 2.36. The molecule has 1 aromatic rings. The summed E-state index contributed by atoms with van der Waals surface area (Å²) in [5.41, 5.74) is -0.711. The number of hydrogen-bond acceptors (Lipinski definition) is 6. The van der Waals surface area contributed by atoms with Gasteiger partial charge in [0.1, 0.15) is 25.3 Å². The Morgan fingerprint density at radius 1 is 1.30 bits per heavy atom. The van der Waals surface area contributed by atoms with Crippen molar-refractivity contribution in [2.24, 2.45) is 0 Å². The number of methoxy groups -OCH3 is 1. The maximum absolute atomic E-state index is 12.9. The Labute approximate surface area is 156 Å². The van der Waals surface area contributed by atoms with Gasteiger partial charge >= 0.3 is 6.03 Å². The molecule has 9 nitrogen and oxygen atoms in total. The molecule has 27 heavy (non-hydrogen) atoms. The number of benzene rings is 1. The van der Waals surface area contributed by atoms with Crippen LogP contribution in [0.25, 0.3) is 0 Å². The number of nitrogens with zero attached hydrogens (tertiary/aromatic N) is 1. The van der Waals surface area contributed by atoms with Crippen LogP contribution in [-0.4, -0.2) is 62.8 Å². The molecular weight excluding hydrogens is 354 g/mol. The van der Waals surface area contributed by atoms with E-state index >= 15 is 0 Å². The Morgan fingerprint density at radius 3 is 2.78 bits per heavy atom. The average Bonchev–Trinajstić information content (AvgIpc) is 2.89. The highest BCUT2D eigenvalue weighted by Gasteiger charge is 2.49. The Bertz CT molecular complexity index is 753. The van der Waals surface area contributed by atoms with Gasteiger partial charge in [0.2, 0.25) is 5.91 Å². The highest BCUT2D eigenvalue weighted by atomic mass is 16.6. The molecule has 3 rings (SSSR count). The first-order valence-electron chi connectivity index (χ1n) is 8.75. The third-order valence-corrected chi connectivity index (χ3v) is 4.54. The van der Waals surface area contributed by atoms with Crippen LogP contribution in [0.4, 0.5) is 4.79 Å². The van der Waals surface area contributed by atoms with Crippen LogP contribution in [0.3, 0.4) is 0 Å². The van der Waals surface area contributed by atoms with Gasteiger partial charge in [-0.15, -0.1) is 0 Å². The maximum atomic E-state index is 12.9. The smallest absolute Gasteiger partial charge is 0.325 e. The summed E-state index contributed by atoms with van der Waals surface area (Å²) in [6.07, 6.45) is 0.650. The summed E-state index contributed by atoms with van der Waals surface area (Å²) in [7, 11) is 1.58. The average molecular weight is 377 g/mol. The molecule has 2 aliphatic heterocycles. The van der Waals surface area contributed by atoms with Crippen LogP contribution >= 0.6 is 0 Å². The van der Waals surface area contributed by atoms with Crippen LogP contribution in [0.1, 0.15) is 18.9 Å². The lowest BCUT2D eigenvalue weighted by molar-refractivity contribution is -0.134. The van der Waals surface area contributed by atoms with Gasteiger partial charge in [-0.05, 0) is 31.0 Å². The molecule has 0 bridgehead atoms. The lowest BCUT2D eigenvalue weighted by Gasteiger charge is -2.25. The molecule has 0 saturated carbocycles. The van der Waals surface area contributed by atoms with Crippen molar-refractivity contribution in [1.82, 2.24) is 15.5 Å². The van der Waals surface area contributed by atoms with Gasteiger partial charge in [-0.1, -0.05) is 6.07 Å². The van der Waals surface area contributed by atoms with E-state index in [-0.39, 0.29) is 6.54 Å². The Kier molecular flexibility index (Phi) is 5.50. The van der Waals surface area contributed by atoms with E-state index in [1.165, 1.54) is 0 Å². The highest BCUT2D eigenvalue weighted by molar-refractivity contribution is 6.09. The summed E-state index contributed by atoms with van der Waals surface area (Å²) < 4.78 is 15.9. The number of carbonyl (C=O) groups excluding carboxylic acids is 3. The van der Waals surface area contributed by atoms with Gasteiger partial charge in [-0.25, -0.2) is 4.79 Å². The molecule has 1 saturated heterocycles. The molecule has 1 atom stereocenters. The minimum Gasteiger partial charge on any atom is -0.486 e. The number of carbonyl (C=O) groups is 3. The zero-order valence-corrected chi connectivity index (χ0v) is 15.4. The number of rotatable bonds is 7. The summed E-state index contributed by atoms with van der Waals surface area (Å²) in [6.45, 7) is 3.09. The van der Waals surface area contributed by atoms with Crippen LogP contribution in [0, 0.1) is 0 Å². The molecule has 2 aliphatic rings. The van der Waals surface area contributed by atoms with Crippen molar-refractivity contribution < 1.29 is 28.6 Å². The molecule has 0 radical (unpaired) electrons. The molecule has 0 spiro atoms. The van der Waals surface area contributed by atoms with Crippen molar-refractivity contribution in [2.75, 3.05) is 40.0 Å². The molecule has 2 N–H and O–H groups in total. The molecule has 9 heteroatoms. The predicted octanol–water partition coefficient (Wildman–Crippen LogP) is 0.378. The van der Waals surface area contributed by atoms with Crippen LogP contribution < -0.4 is 20.1 Å². The second kappa shape index (κ2) is 7.83. The summed E-state index contributed by atoms with van der Waals surface area (Å²) in [6, 6.07) is 4.49. The second-order valence-corrected chi connectivity index (χ2v) is 6.50. The predicted molar refractivity (Wildman–Crippen MR) is 94.5 cm³/mol. The van der Waals surface area contributed by atoms with Crippen molar-refractivity contribution in [3.05, 3.63) is 23.8 Å². The summed E-state index contributed by atoms with van der Waals surface area (Å²) in [5.74, 6) is 0.228. The van der Waals surface area contributed by atoms with E-state index in [0.29, 0.717) is 49.8 Å². The number of nitrogens with one attached hydrogen (secondary N) is 2. The quantitative estimate of drug-likeness (QED) is 0.526. The zero-order chi connectivity index (χ0) is 19.4. The van der Waals surface area contributed by atoms with Crippen molar-refractivity contribution in [2.45, 2.75) is 18.9 Å². The first-order chi connectivity index (χ1) is 13.0. The molecule has 2 heterocycles. The van der Waals surface area contributed by atoms with Crippen LogP contribution in [0.5, 0.6) is 11.5 Å². The van der Waals surface area contributed by atoms with Gasteiger partial charge in [0, 0.05) is 20.3 Å². The zero-order valence-electron chi connectivity index (χ0n) is 15.4. The maximum Gasteiger partial charge on any atom is 0.325 e.